The number of esters is 4. The molecular formula is C30H32N2O10S. The van der Waals surface area contributed by atoms with Gasteiger partial charge in [-0.05, 0) is 42.5 Å². The molecule has 0 radical (unpaired) electrons. The number of rotatable bonds is 8. The number of nitrogens with zero attached hydrogens (tertiary/aromatic N) is 2. The second-order valence-electron chi connectivity index (χ2n) is 10.1. The molecule has 2 heterocycles. The molecule has 13 heteroatoms. The van der Waals surface area contributed by atoms with Crippen molar-refractivity contribution in [3.63, 3.8) is 0 Å². The Labute approximate surface area is 253 Å². The largest absolute Gasteiger partial charge is 0.497 e. The van der Waals surface area contributed by atoms with Gasteiger partial charge >= 0.3 is 23.9 Å². The van der Waals surface area contributed by atoms with Crippen molar-refractivity contribution in [2.75, 3.05) is 13.7 Å². The highest BCUT2D eigenvalue weighted by Gasteiger charge is 2.53. The van der Waals surface area contributed by atoms with E-state index >= 15 is 0 Å². The number of aromatic nitrogens is 1. The second kappa shape index (κ2) is 13.4. The van der Waals surface area contributed by atoms with Gasteiger partial charge in [-0.2, -0.15) is 5.26 Å². The molecule has 0 saturated carbocycles. The van der Waals surface area contributed by atoms with Crippen LogP contribution in [-0.4, -0.2) is 66.6 Å². The molecule has 12 nitrogen and oxygen atoms in total. The summed E-state index contributed by atoms with van der Waals surface area (Å²) >= 11 is 5.90. The normalized spacial score (nSPS) is 22.5. The van der Waals surface area contributed by atoms with Crippen molar-refractivity contribution in [1.82, 2.24) is 4.57 Å². The smallest absolute Gasteiger partial charge is 0.303 e. The minimum atomic E-state index is -1.37. The fourth-order valence-corrected chi connectivity index (χ4v) is 5.99. The van der Waals surface area contributed by atoms with Crippen molar-refractivity contribution in [2.24, 2.45) is 0 Å². The van der Waals surface area contributed by atoms with Gasteiger partial charge in [0.1, 0.15) is 29.2 Å². The Morgan fingerprint density at radius 3 is 2.09 bits per heavy atom. The number of carbonyl (C=O) groups is 4. The predicted molar refractivity (Wildman–Crippen MR) is 151 cm³/mol. The maximum atomic E-state index is 12.4. The van der Waals surface area contributed by atoms with E-state index in [0.717, 1.165) is 37.1 Å². The zero-order valence-electron chi connectivity index (χ0n) is 24.4. The summed E-state index contributed by atoms with van der Waals surface area (Å²) in [6, 6.07) is 9.52. The zero-order chi connectivity index (χ0) is 31.4. The van der Waals surface area contributed by atoms with Crippen LogP contribution in [0.5, 0.6) is 5.75 Å². The van der Waals surface area contributed by atoms with E-state index in [1.54, 1.807) is 23.8 Å². The minimum absolute atomic E-state index is 0.106. The van der Waals surface area contributed by atoms with Gasteiger partial charge in [0.15, 0.2) is 24.5 Å². The van der Waals surface area contributed by atoms with Gasteiger partial charge in [0.25, 0.3) is 0 Å². The number of fused-ring (bicyclic) bond motifs is 1. The van der Waals surface area contributed by atoms with Gasteiger partial charge in [0.05, 0.1) is 12.7 Å². The Morgan fingerprint density at radius 1 is 0.930 bits per heavy atom. The third-order valence-electron chi connectivity index (χ3n) is 7.18. The quantitative estimate of drug-likeness (QED) is 0.244. The Morgan fingerprint density at radius 2 is 1.53 bits per heavy atom. The predicted octanol–water partition coefficient (Wildman–Crippen LogP) is 3.51. The van der Waals surface area contributed by atoms with Crippen molar-refractivity contribution in [1.29, 1.82) is 5.26 Å². The Hall–Kier alpha value is -4.28. The van der Waals surface area contributed by atoms with Crippen LogP contribution in [0.4, 0.5) is 0 Å². The number of hydrogen-bond donors (Lipinski definition) is 0. The van der Waals surface area contributed by atoms with E-state index in [1.165, 1.54) is 13.8 Å². The molecule has 43 heavy (non-hydrogen) atoms. The van der Waals surface area contributed by atoms with Crippen LogP contribution in [0.2, 0.25) is 0 Å². The summed E-state index contributed by atoms with van der Waals surface area (Å²) < 4.78 is 35.4. The van der Waals surface area contributed by atoms with Crippen molar-refractivity contribution in [3.05, 3.63) is 45.7 Å². The summed E-state index contributed by atoms with van der Waals surface area (Å²) in [5.74, 6) is -2.17. The number of carbonyl (C=O) groups excluding carboxylic acids is 4. The first-order chi connectivity index (χ1) is 20.5. The molecule has 1 fully saturated rings. The standard InChI is InChI=1S/C30H32N2O10S/c1-15(33)38-14-24-26(39-16(2)34)27(40-17(3)35)28(41-18(4)36)29(42-24)32-23-8-6-7-21(23)25(22(13-31)30(32)43)19-9-11-20(37-5)12-10-19/h9-12,24,26-29H,6-8,14H2,1-5H3/t24-,26-,27+,28+,29-/m1/s1. The number of methoxy groups -OCH3 is 1. The van der Waals surface area contributed by atoms with Gasteiger partial charge < -0.3 is 33.0 Å². The number of ether oxygens (including phenoxy) is 6. The monoisotopic (exact) mass is 612 g/mol. The fraction of sp³-hybridized carbons (Fsp3) is 0.467. The average Bonchev–Trinajstić information content (AvgIpc) is 3.42. The lowest BCUT2D eigenvalue weighted by Crippen LogP contribution is -2.60. The Bertz CT molecular complexity index is 1530. The molecule has 0 bridgehead atoms. The summed E-state index contributed by atoms with van der Waals surface area (Å²) in [5, 5.41) is 10.4. The Balaban J connectivity index is 1.96. The average molecular weight is 613 g/mol. The lowest BCUT2D eigenvalue weighted by atomic mass is 9.93. The van der Waals surface area contributed by atoms with Crippen LogP contribution in [-0.2, 0) is 55.7 Å². The summed E-state index contributed by atoms with van der Waals surface area (Å²) in [5.41, 5.74) is 3.27. The SMILES string of the molecule is COc1ccc(-c2c3c(n([C@@H]4O[C@H](COC(C)=O)[C@@H](OC(C)=O)[C@H](OC(C)=O)[C@@H]4OC(C)=O)c(=S)c2C#N)CCC3)cc1. The first-order valence-corrected chi connectivity index (χ1v) is 14.0. The molecule has 4 rings (SSSR count). The van der Waals surface area contributed by atoms with Crippen molar-refractivity contribution < 1.29 is 47.6 Å². The molecule has 1 aliphatic carbocycles. The van der Waals surface area contributed by atoms with Gasteiger partial charge in [0, 0.05) is 39.0 Å². The van der Waals surface area contributed by atoms with Crippen LogP contribution in [0.15, 0.2) is 24.3 Å². The molecule has 0 amide bonds. The highest BCUT2D eigenvalue weighted by atomic mass is 32.1. The molecule has 228 valence electrons. The van der Waals surface area contributed by atoms with E-state index in [-0.39, 0.29) is 16.8 Å². The van der Waals surface area contributed by atoms with E-state index < -0.39 is 54.5 Å². The molecule has 1 aromatic heterocycles. The summed E-state index contributed by atoms with van der Waals surface area (Å²) in [4.78, 5) is 48.5. The number of nitriles is 1. The third-order valence-corrected chi connectivity index (χ3v) is 7.58. The molecule has 1 saturated heterocycles. The third kappa shape index (κ3) is 6.71. The lowest BCUT2D eigenvalue weighted by molar-refractivity contribution is -0.269. The molecule has 0 unspecified atom stereocenters. The number of pyridine rings is 1. The van der Waals surface area contributed by atoms with Crippen molar-refractivity contribution in [3.8, 4) is 22.9 Å². The van der Waals surface area contributed by atoms with Crippen LogP contribution in [0.1, 0.15) is 57.2 Å². The first-order valence-electron chi connectivity index (χ1n) is 13.6. The number of benzene rings is 1. The van der Waals surface area contributed by atoms with E-state index in [2.05, 4.69) is 6.07 Å². The van der Waals surface area contributed by atoms with Gasteiger partial charge in [0.2, 0.25) is 0 Å². The molecule has 2 aromatic rings. The highest BCUT2D eigenvalue weighted by Crippen LogP contribution is 2.42. The van der Waals surface area contributed by atoms with E-state index in [4.69, 9.17) is 40.6 Å². The van der Waals surface area contributed by atoms with E-state index in [0.29, 0.717) is 24.2 Å². The molecule has 1 aromatic carbocycles. The summed E-state index contributed by atoms with van der Waals surface area (Å²) in [7, 11) is 1.56. The first kappa shape index (κ1) is 31.7. The zero-order valence-corrected chi connectivity index (χ0v) is 25.2. The van der Waals surface area contributed by atoms with Crippen molar-refractivity contribution in [2.45, 2.75) is 77.6 Å². The topological polar surface area (TPSA) is 152 Å². The van der Waals surface area contributed by atoms with E-state index in [9.17, 15) is 24.4 Å². The lowest BCUT2D eigenvalue weighted by Gasteiger charge is -2.45. The molecule has 2 aliphatic rings. The van der Waals surface area contributed by atoms with Gasteiger partial charge in [-0.1, -0.05) is 24.4 Å². The molecule has 5 atom stereocenters. The van der Waals surface area contributed by atoms with Gasteiger partial charge in [-0.3, -0.25) is 19.2 Å². The van der Waals surface area contributed by atoms with Crippen LogP contribution in [0, 0.1) is 16.0 Å². The van der Waals surface area contributed by atoms with Gasteiger partial charge in [-0.25, -0.2) is 0 Å². The molecule has 0 spiro atoms. The van der Waals surface area contributed by atoms with Crippen LogP contribution >= 0.6 is 12.2 Å². The van der Waals surface area contributed by atoms with Crippen LogP contribution in [0.25, 0.3) is 11.1 Å². The van der Waals surface area contributed by atoms with Gasteiger partial charge in [-0.15, -0.1) is 0 Å². The van der Waals surface area contributed by atoms with Crippen LogP contribution < -0.4 is 4.74 Å². The summed E-state index contributed by atoms with van der Waals surface area (Å²) in [6.07, 6.45) is -4.49. The minimum Gasteiger partial charge on any atom is -0.497 e. The summed E-state index contributed by atoms with van der Waals surface area (Å²) in [6.45, 7) is 4.30. The second-order valence-corrected chi connectivity index (χ2v) is 10.5. The maximum Gasteiger partial charge on any atom is 0.303 e. The maximum absolute atomic E-state index is 12.4. The van der Waals surface area contributed by atoms with Crippen LogP contribution in [0.3, 0.4) is 0 Å². The molecule has 1 aliphatic heterocycles. The number of hydrogen-bond acceptors (Lipinski definition) is 12. The fourth-order valence-electron chi connectivity index (χ4n) is 5.63. The Kier molecular flexibility index (Phi) is 9.83. The van der Waals surface area contributed by atoms with E-state index in [1.807, 2.05) is 12.1 Å². The van der Waals surface area contributed by atoms with Crippen molar-refractivity contribution >= 4 is 36.1 Å². The molecule has 0 N–H and O–H groups in total. The molecular weight excluding hydrogens is 580 g/mol. The highest BCUT2D eigenvalue weighted by molar-refractivity contribution is 7.71.